The number of halogens is 1. The molecule has 2 aliphatic rings. The smallest absolute Gasteiger partial charge is 0.243 e. The number of fused-ring (bicyclic) bond motifs is 1. The number of rotatable bonds is 2. The number of hydrogen-bond donors (Lipinski definition) is 1. The van der Waals surface area contributed by atoms with Crippen LogP contribution in [0.4, 0.5) is 0 Å². The molecule has 0 bridgehead atoms. The van der Waals surface area contributed by atoms with Crippen LogP contribution in [0.5, 0.6) is 0 Å². The molecule has 0 aliphatic carbocycles. The standard InChI is InChI=1S/C14H19IN2O2S/c1-14(2)13-8-16-7-10(13)9-17(14)20(18,19)12-5-3-11(15)4-6-12/h3-6,10,13,16H,7-9H2,1-2H3. The molecule has 2 atom stereocenters. The Bertz CT molecular complexity index is 613. The maximum atomic E-state index is 12.9. The Hall–Kier alpha value is -0.180. The van der Waals surface area contributed by atoms with E-state index in [-0.39, 0.29) is 5.54 Å². The Morgan fingerprint density at radius 3 is 2.50 bits per heavy atom. The van der Waals surface area contributed by atoms with E-state index in [2.05, 4.69) is 41.8 Å². The summed E-state index contributed by atoms with van der Waals surface area (Å²) in [5, 5.41) is 3.38. The van der Waals surface area contributed by atoms with E-state index in [0.717, 1.165) is 16.7 Å². The summed E-state index contributed by atoms with van der Waals surface area (Å²) in [5.74, 6) is 0.838. The van der Waals surface area contributed by atoms with Crippen molar-refractivity contribution in [3.8, 4) is 0 Å². The van der Waals surface area contributed by atoms with Gasteiger partial charge in [-0.25, -0.2) is 8.42 Å². The van der Waals surface area contributed by atoms with Gasteiger partial charge in [-0.05, 0) is 79.1 Å². The van der Waals surface area contributed by atoms with Gasteiger partial charge in [0.2, 0.25) is 10.0 Å². The zero-order valence-electron chi connectivity index (χ0n) is 11.6. The molecule has 110 valence electrons. The van der Waals surface area contributed by atoms with E-state index in [1.165, 1.54) is 0 Å². The molecule has 6 heteroatoms. The van der Waals surface area contributed by atoms with Gasteiger partial charge in [0.25, 0.3) is 0 Å². The van der Waals surface area contributed by atoms with Crippen LogP contribution in [0.3, 0.4) is 0 Å². The molecule has 0 aromatic heterocycles. The lowest BCUT2D eigenvalue weighted by molar-refractivity contribution is 0.233. The van der Waals surface area contributed by atoms with Crippen molar-refractivity contribution in [3.05, 3.63) is 27.8 Å². The minimum absolute atomic E-state index is 0.323. The number of sulfonamides is 1. The highest BCUT2D eigenvalue weighted by atomic mass is 127. The minimum Gasteiger partial charge on any atom is -0.316 e. The fraction of sp³-hybridized carbons (Fsp3) is 0.571. The van der Waals surface area contributed by atoms with E-state index >= 15 is 0 Å². The van der Waals surface area contributed by atoms with E-state index in [4.69, 9.17) is 0 Å². The summed E-state index contributed by atoms with van der Waals surface area (Å²) in [4.78, 5) is 0.402. The molecule has 4 nitrogen and oxygen atoms in total. The van der Waals surface area contributed by atoms with Crippen LogP contribution in [0.15, 0.2) is 29.2 Å². The van der Waals surface area contributed by atoms with Crippen LogP contribution in [-0.2, 0) is 10.0 Å². The highest BCUT2D eigenvalue weighted by Gasteiger charge is 2.53. The number of nitrogens with zero attached hydrogens (tertiary/aromatic N) is 1. The Kier molecular flexibility index (Phi) is 3.63. The van der Waals surface area contributed by atoms with Gasteiger partial charge in [-0.15, -0.1) is 0 Å². The first-order chi connectivity index (χ1) is 9.33. The molecule has 2 heterocycles. The maximum Gasteiger partial charge on any atom is 0.243 e. The minimum atomic E-state index is -3.40. The number of nitrogens with one attached hydrogen (secondary N) is 1. The molecular weight excluding hydrogens is 387 g/mol. The van der Waals surface area contributed by atoms with E-state index in [0.29, 0.717) is 23.3 Å². The van der Waals surface area contributed by atoms with Crippen molar-refractivity contribution in [2.24, 2.45) is 11.8 Å². The van der Waals surface area contributed by atoms with Gasteiger partial charge in [0, 0.05) is 22.2 Å². The third kappa shape index (κ3) is 2.20. The van der Waals surface area contributed by atoms with Crippen molar-refractivity contribution in [3.63, 3.8) is 0 Å². The monoisotopic (exact) mass is 406 g/mol. The fourth-order valence-corrected chi connectivity index (χ4v) is 5.76. The average molecular weight is 406 g/mol. The van der Waals surface area contributed by atoms with Crippen molar-refractivity contribution >= 4 is 32.6 Å². The molecule has 0 radical (unpaired) electrons. The Morgan fingerprint density at radius 2 is 1.90 bits per heavy atom. The molecule has 0 spiro atoms. The van der Waals surface area contributed by atoms with Gasteiger partial charge in [-0.3, -0.25) is 0 Å². The maximum absolute atomic E-state index is 12.9. The first-order valence-corrected chi connectivity index (χ1v) is 9.34. The van der Waals surface area contributed by atoms with Crippen LogP contribution >= 0.6 is 22.6 Å². The molecule has 2 aliphatic heterocycles. The van der Waals surface area contributed by atoms with Gasteiger partial charge in [0.05, 0.1) is 4.90 Å². The number of benzene rings is 1. The topological polar surface area (TPSA) is 49.4 Å². The first-order valence-electron chi connectivity index (χ1n) is 6.82. The van der Waals surface area contributed by atoms with E-state index in [1.807, 2.05) is 12.1 Å². The average Bonchev–Trinajstić information content (AvgIpc) is 2.93. The van der Waals surface area contributed by atoms with Crippen LogP contribution in [0.1, 0.15) is 13.8 Å². The number of hydrogen-bond acceptors (Lipinski definition) is 3. The zero-order chi connectivity index (χ0) is 14.5. The lowest BCUT2D eigenvalue weighted by atomic mass is 9.85. The van der Waals surface area contributed by atoms with Crippen LogP contribution in [0.25, 0.3) is 0 Å². The normalized spacial score (nSPS) is 29.6. The van der Waals surface area contributed by atoms with Crippen molar-refractivity contribution in [1.29, 1.82) is 0 Å². The summed E-state index contributed by atoms with van der Waals surface area (Å²) in [5.41, 5.74) is -0.323. The first kappa shape index (κ1) is 14.7. The van der Waals surface area contributed by atoms with E-state index in [9.17, 15) is 8.42 Å². The van der Waals surface area contributed by atoms with Gasteiger partial charge in [0.15, 0.2) is 0 Å². The summed E-state index contributed by atoms with van der Waals surface area (Å²) < 4.78 is 28.5. The van der Waals surface area contributed by atoms with E-state index < -0.39 is 10.0 Å². The highest BCUT2D eigenvalue weighted by molar-refractivity contribution is 14.1. The predicted octanol–water partition coefficient (Wildman–Crippen LogP) is 1.91. The summed E-state index contributed by atoms with van der Waals surface area (Å²) in [6.07, 6.45) is 0. The quantitative estimate of drug-likeness (QED) is 0.764. The molecule has 0 amide bonds. The molecular formula is C14H19IN2O2S. The fourth-order valence-electron chi connectivity index (χ4n) is 3.53. The summed E-state index contributed by atoms with van der Waals surface area (Å²) in [7, 11) is -3.40. The van der Waals surface area contributed by atoms with Gasteiger partial charge < -0.3 is 5.32 Å². The molecule has 3 rings (SSSR count). The molecule has 1 aromatic rings. The molecule has 1 aromatic carbocycles. The van der Waals surface area contributed by atoms with Crippen molar-refractivity contribution in [1.82, 2.24) is 9.62 Å². The predicted molar refractivity (Wildman–Crippen MR) is 87.0 cm³/mol. The molecule has 20 heavy (non-hydrogen) atoms. The zero-order valence-corrected chi connectivity index (χ0v) is 14.6. The van der Waals surface area contributed by atoms with Crippen LogP contribution in [0, 0.1) is 15.4 Å². The second-order valence-electron chi connectivity index (χ2n) is 6.17. The molecule has 2 fully saturated rings. The van der Waals surface area contributed by atoms with Crippen LogP contribution < -0.4 is 5.32 Å². The molecule has 2 unspecified atom stereocenters. The van der Waals surface area contributed by atoms with Gasteiger partial charge >= 0.3 is 0 Å². The lowest BCUT2D eigenvalue weighted by Gasteiger charge is -2.34. The summed E-state index contributed by atoms with van der Waals surface area (Å²) in [6, 6.07) is 7.11. The molecule has 2 saturated heterocycles. The summed E-state index contributed by atoms with van der Waals surface area (Å²) >= 11 is 2.18. The molecule has 1 N–H and O–H groups in total. The van der Waals surface area contributed by atoms with Gasteiger partial charge in [-0.1, -0.05) is 0 Å². The Morgan fingerprint density at radius 1 is 1.25 bits per heavy atom. The summed E-state index contributed by atoms with van der Waals surface area (Å²) in [6.45, 7) is 6.56. The van der Waals surface area contributed by atoms with Gasteiger partial charge in [-0.2, -0.15) is 4.31 Å². The van der Waals surface area contributed by atoms with E-state index in [1.54, 1.807) is 16.4 Å². The largest absolute Gasteiger partial charge is 0.316 e. The van der Waals surface area contributed by atoms with Crippen LogP contribution in [-0.4, -0.2) is 37.9 Å². The molecule has 0 saturated carbocycles. The van der Waals surface area contributed by atoms with Crippen molar-refractivity contribution < 1.29 is 8.42 Å². The van der Waals surface area contributed by atoms with Gasteiger partial charge in [0.1, 0.15) is 0 Å². The third-order valence-corrected chi connectivity index (χ3v) is 7.48. The highest BCUT2D eigenvalue weighted by Crippen LogP contribution is 2.43. The lowest BCUT2D eigenvalue weighted by Crippen LogP contribution is -2.47. The second-order valence-corrected chi connectivity index (χ2v) is 9.28. The Labute approximate surface area is 134 Å². The second kappa shape index (κ2) is 4.93. The van der Waals surface area contributed by atoms with Crippen molar-refractivity contribution in [2.45, 2.75) is 24.3 Å². The van der Waals surface area contributed by atoms with Crippen molar-refractivity contribution in [2.75, 3.05) is 19.6 Å². The Balaban J connectivity index is 1.98. The third-order valence-electron chi connectivity index (χ3n) is 4.69. The SMILES string of the molecule is CC1(C)C2CNCC2CN1S(=O)(=O)c1ccc(I)cc1. The van der Waals surface area contributed by atoms with Crippen LogP contribution in [0.2, 0.25) is 0 Å².